The van der Waals surface area contributed by atoms with Gasteiger partial charge in [0.25, 0.3) is 0 Å². The second-order valence-electron chi connectivity index (χ2n) is 7.28. The van der Waals surface area contributed by atoms with E-state index in [4.69, 9.17) is 37.7 Å². The van der Waals surface area contributed by atoms with Gasteiger partial charge in [-0.3, -0.25) is 14.6 Å². The summed E-state index contributed by atoms with van der Waals surface area (Å²) in [5.74, 6) is 2.87. The number of hydrogen-bond donors (Lipinski definition) is 1. The molecule has 0 amide bonds. The number of furan rings is 1. The Labute approximate surface area is 185 Å². The van der Waals surface area contributed by atoms with Crippen LogP contribution in [0.25, 0.3) is 11.6 Å². The first-order valence-corrected chi connectivity index (χ1v) is 10.8. The quantitative estimate of drug-likeness (QED) is 0.513. The van der Waals surface area contributed by atoms with Crippen LogP contribution < -0.4 is 4.74 Å². The molecule has 1 saturated heterocycles. The van der Waals surface area contributed by atoms with Crippen molar-refractivity contribution in [3.8, 4) is 17.3 Å². The smallest absolute Gasteiger partial charge is 0.198 e. The van der Waals surface area contributed by atoms with Crippen LogP contribution in [0.3, 0.4) is 0 Å². The van der Waals surface area contributed by atoms with Crippen molar-refractivity contribution in [2.45, 2.75) is 26.5 Å². The molecule has 4 rings (SSSR count). The third-order valence-corrected chi connectivity index (χ3v) is 5.65. The molecule has 3 aromatic rings. The molecule has 30 heavy (non-hydrogen) atoms. The number of hydrogen-bond acceptors (Lipinski definition) is 6. The van der Waals surface area contributed by atoms with Gasteiger partial charge in [0.2, 0.25) is 0 Å². The largest absolute Gasteiger partial charge is 0.485 e. The van der Waals surface area contributed by atoms with Gasteiger partial charge in [-0.15, -0.1) is 0 Å². The summed E-state index contributed by atoms with van der Waals surface area (Å²) in [5, 5.41) is 7.94. The molecule has 1 aliphatic rings. The zero-order valence-electron chi connectivity index (χ0n) is 16.9. The zero-order valence-corrected chi connectivity index (χ0v) is 18.5. The van der Waals surface area contributed by atoms with Gasteiger partial charge in [0, 0.05) is 31.2 Å². The van der Waals surface area contributed by atoms with Gasteiger partial charge in [-0.2, -0.15) is 5.10 Å². The lowest BCUT2D eigenvalue weighted by Gasteiger charge is -2.26. The molecule has 0 spiro atoms. The van der Waals surface area contributed by atoms with Crippen LogP contribution in [0.1, 0.15) is 17.7 Å². The van der Waals surface area contributed by atoms with Gasteiger partial charge >= 0.3 is 0 Å². The Morgan fingerprint density at radius 1 is 1.20 bits per heavy atom. The minimum Gasteiger partial charge on any atom is -0.485 e. The zero-order chi connectivity index (χ0) is 20.9. The van der Waals surface area contributed by atoms with E-state index >= 15 is 0 Å². The first kappa shape index (κ1) is 21.1. The van der Waals surface area contributed by atoms with Gasteiger partial charge in [0.15, 0.2) is 16.4 Å². The highest BCUT2D eigenvalue weighted by Gasteiger charge is 2.15. The molecular weight excluding hydrogens is 424 g/mol. The van der Waals surface area contributed by atoms with Crippen molar-refractivity contribution in [2.75, 3.05) is 32.8 Å². The van der Waals surface area contributed by atoms with Crippen molar-refractivity contribution in [2.24, 2.45) is 0 Å². The molecule has 0 bridgehead atoms. The molecule has 1 N–H and O–H groups in total. The number of aromatic amines is 1. The fourth-order valence-corrected chi connectivity index (χ4v) is 3.94. The summed E-state index contributed by atoms with van der Waals surface area (Å²) < 4.78 is 19.8. The molecule has 7 nitrogen and oxygen atoms in total. The summed E-state index contributed by atoms with van der Waals surface area (Å²) in [6.45, 7) is 7.66. The molecule has 1 fully saturated rings. The van der Waals surface area contributed by atoms with E-state index in [9.17, 15) is 0 Å². The Bertz CT molecular complexity index is 1040. The van der Waals surface area contributed by atoms with Crippen molar-refractivity contribution in [3.63, 3.8) is 0 Å². The third kappa shape index (κ3) is 5.13. The van der Waals surface area contributed by atoms with Crippen LogP contribution in [0.5, 0.6) is 5.75 Å². The van der Waals surface area contributed by atoms with E-state index in [2.05, 4.69) is 15.1 Å². The normalized spacial score (nSPS) is 14.9. The van der Waals surface area contributed by atoms with E-state index in [1.54, 1.807) is 0 Å². The lowest BCUT2D eigenvalue weighted by molar-refractivity contribution is 0.0369. The number of aryl methyl sites for hydroxylation is 1. The minimum atomic E-state index is 0.324. The molecule has 160 valence electrons. The van der Waals surface area contributed by atoms with Crippen molar-refractivity contribution in [1.29, 1.82) is 0 Å². The van der Waals surface area contributed by atoms with E-state index in [0.717, 1.165) is 57.1 Å². The summed E-state index contributed by atoms with van der Waals surface area (Å²) in [6, 6.07) is 9.35. The molecule has 2 aromatic heterocycles. The van der Waals surface area contributed by atoms with Crippen LogP contribution >= 0.6 is 23.8 Å². The van der Waals surface area contributed by atoms with Gasteiger partial charge in [-0.1, -0.05) is 11.6 Å². The van der Waals surface area contributed by atoms with Crippen molar-refractivity contribution in [1.82, 2.24) is 19.7 Å². The molecule has 0 radical (unpaired) electrons. The molecule has 1 aliphatic heterocycles. The Balaban J connectivity index is 1.38. The van der Waals surface area contributed by atoms with Crippen molar-refractivity contribution in [3.05, 3.63) is 51.4 Å². The fourth-order valence-electron chi connectivity index (χ4n) is 3.49. The van der Waals surface area contributed by atoms with Crippen LogP contribution in [-0.4, -0.2) is 52.5 Å². The van der Waals surface area contributed by atoms with E-state index in [0.29, 0.717) is 33.7 Å². The van der Waals surface area contributed by atoms with Gasteiger partial charge in [0.05, 0.1) is 13.2 Å². The molecule has 9 heteroatoms. The van der Waals surface area contributed by atoms with Crippen molar-refractivity contribution >= 4 is 23.8 Å². The summed E-state index contributed by atoms with van der Waals surface area (Å²) >= 11 is 11.4. The number of aromatic nitrogens is 3. The van der Waals surface area contributed by atoms with E-state index in [1.807, 2.05) is 41.8 Å². The van der Waals surface area contributed by atoms with Gasteiger partial charge in [0.1, 0.15) is 18.1 Å². The molecule has 0 aliphatic carbocycles. The third-order valence-electron chi connectivity index (χ3n) is 5.11. The first-order valence-electron chi connectivity index (χ1n) is 10.0. The lowest BCUT2D eigenvalue weighted by Crippen LogP contribution is -2.37. The number of nitrogens with zero attached hydrogens (tertiary/aromatic N) is 3. The highest BCUT2D eigenvalue weighted by Crippen LogP contribution is 2.25. The second-order valence-corrected chi connectivity index (χ2v) is 8.10. The van der Waals surface area contributed by atoms with Crippen LogP contribution in [0.4, 0.5) is 0 Å². The first-order chi connectivity index (χ1) is 14.6. The van der Waals surface area contributed by atoms with Gasteiger partial charge in [-0.05, 0) is 61.5 Å². The topological polar surface area (TPSA) is 68.5 Å². The molecule has 0 unspecified atom stereocenters. The number of ether oxygens (including phenoxy) is 2. The predicted octanol–water partition coefficient (Wildman–Crippen LogP) is 4.46. The molecule has 1 aromatic carbocycles. The minimum absolute atomic E-state index is 0.324. The number of nitrogens with one attached hydrogen (secondary N) is 1. The molecular formula is C21H25ClN4O3S. The number of benzene rings is 1. The van der Waals surface area contributed by atoms with Crippen LogP contribution in [-0.2, 0) is 17.9 Å². The van der Waals surface area contributed by atoms with Crippen LogP contribution in [0, 0.1) is 11.7 Å². The number of halogens is 1. The molecule has 3 heterocycles. The highest BCUT2D eigenvalue weighted by atomic mass is 35.5. The average Bonchev–Trinajstić information content (AvgIpc) is 3.35. The monoisotopic (exact) mass is 448 g/mol. The Kier molecular flexibility index (Phi) is 6.89. The summed E-state index contributed by atoms with van der Waals surface area (Å²) in [7, 11) is 0. The average molecular weight is 449 g/mol. The lowest BCUT2D eigenvalue weighted by atomic mass is 10.2. The predicted molar refractivity (Wildman–Crippen MR) is 118 cm³/mol. The fraction of sp³-hybridized carbons (Fsp3) is 0.429. The maximum atomic E-state index is 6.00. The maximum absolute atomic E-state index is 6.00. The Hall–Kier alpha value is -2.13. The van der Waals surface area contributed by atoms with Crippen LogP contribution in [0.2, 0.25) is 5.02 Å². The van der Waals surface area contributed by atoms with Crippen molar-refractivity contribution < 1.29 is 13.9 Å². The van der Waals surface area contributed by atoms with E-state index < -0.39 is 0 Å². The maximum Gasteiger partial charge on any atom is 0.198 e. The van der Waals surface area contributed by atoms with Gasteiger partial charge in [-0.25, -0.2) is 0 Å². The second kappa shape index (κ2) is 9.78. The molecule has 0 atom stereocenters. The Morgan fingerprint density at radius 2 is 2.03 bits per heavy atom. The number of morpholine rings is 1. The van der Waals surface area contributed by atoms with Crippen LogP contribution in [0.15, 0.2) is 34.7 Å². The highest BCUT2D eigenvalue weighted by molar-refractivity contribution is 7.71. The SMILES string of the molecule is Cc1cc(Cl)ccc1OCc1ccc(-c2n[nH]c(=S)n2CCCN2CCOCC2)o1. The van der Waals surface area contributed by atoms with E-state index in [1.165, 1.54) is 0 Å². The van der Waals surface area contributed by atoms with Gasteiger partial charge < -0.3 is 13.9 Å². The summed E-state index contributed by atoms with van der Waals surface area (Å²) in [5.41, 5.74) is 0.982. The number of H-pyrrole nitrogens is 1. The Morgan fingerprint density at radius 3 is 2.83 bits per heavy atom. The summed E-state index contributed by atoms with van der Waals surface area (Å²) in [6.07, 6.45) is 0.980. The summed E-state index contributed by atoms with van der Waals surface area (Å²) in [4.78, 5) is 2.41. The standard InChI is InChI=1S/C21H25ClN4O3S/c1-15-13-16(22)3-5-18(15)28-14-17-4-6-19(29-17)20-23-24-21(30)26(20)8-2-7-25-9-11-27-12-10-25/h3-6,13H,2,7-12,14H2,1H3,(H,24,30). The number of rotatable bonds is 8. The van der Waals surface area contributed by atoms with E-state index in [-0.39, 0.29) is 0 Å². The molecule has 0 saturated carbocycles.